The summed E-state index contributed by atoms with van der Waals surface area (Å²) in [4.78, 5) is 2.51. The molecule has 1 saturated heterocycles. The zero-order valence-electron chi connectivity index (χ0n) is 13.5. The van der Waals surface area contributed by atoms with Gasteiger partial charge in [0.05, 0.1) is 11.5 Å². The number of benzene rings is 1. The largest absolute Gasteiger partial charge is 0.494 e. The minimum absolute atomic E-state index is 0.347. The van der Waals surface area contributed by atoms with Crippen LogP contribution in [-0.2, 0) is 10.0 Å². The highest BCUT2D eigenvalue weighted by atomic mass is 32.2. The van der Waals surface area contributed by atoms with Crippen molar-refractivity contribution < 1.29 is 13.2 Å². The fourth-order valence-electron chi connectivity index (χ4n) is 2.45. The Labute approximate surface area is 133 Å². The molecule has 6 heteroatoms. The number of rotatable bonds is 6. The van der Waals surface area contributed by atoms with Crippen molar-refractivity contribution in [3.63, 3.8) is 0 Å². The second-order valence-electron chi connectivity index (χ2n) is 5.73. The molecule has 1 aliphatic rings. The van der Waals surface area contributed by atoms with Crippen LogP contribution in [0, 0.1) is 0 Å². The second-order valence-corrected chi connectivity index (χ2v) is 7.67. The highest BCUT2D eigenvalue weighted by Gasteiger charge is 2.26. The average Bonchev–Trinajstić information content (AvgIpc) is 2.73. The van der Waals surface area contributed by atoms with Crippen molar-refractivity contribution >= 4 is 10.0 Å². The van der Waals surface area contributed by atoms with Crippen molar-refractivity contribution in [1.29, 1.82) is 0 Å². The van der Waals surface area contributed by atoms with Crippen LogP contribution < -0.4 is 4.74 Å². The van der Waals surface area contributed by atoms with Crippen LogP contribution in [0.3, 0.4) is 0 Å². The van der Waals surface area contributed by atoms with Crippen molar-refractivity contribution in [2.45, 2.75) is 31.1 Å². The number of hydrogen-bond acceptors (Lipinski definition) is 4. The summed E-state index contributed by atoms with van der Waals surface area (Å²) < 4.78 is 32.5. The molecule has 0 aromatic heterocycles. The van der Waals surface area contributed by atoms with E-state index in [1.165, 1.54) is 0 Å². The molecule has 0 unspecified atom stereocenters. The number of likely N-dealkylation sites (N-methyl/N-ethyl adjacent to an activating group) is 1. The van der Waals surface area contributed by atoms with Crippen LogP contribution in [0.5, 0.6) is 5.75 Å². The van der Waals surface area contributed by atoms with Gasteiger partial charge in [-0.05, 0) is 50.7 Å². The minimum Gasteiger partial charge on any atom is -0.494 e. The van der Waals surface area contributed by atoms with Crippen LogP contribution in [0.1, 0.15) is 26.2 Å². The molecule has 5 nitrogen and oxygen atoms in total. The first-order valence-corrected chi connectivity index (χ1v) is 9.39. The third kappa shape index (κ3) is 4.44. The Hall–Kier alpha value is -1.11. The summed E-state index contributed by atoms with van der Waals surface area (Å²) in [6.45, 7) is 5.63. The molecule has 124 valence electrons. The molecular weight excluding hydrogens is 300 g/mol. The van der Waals surface area contributed by atoms with Gasteiger partial charge >= 0.3 is 0 Å². The Morgan fingerprint density at radius 3 is 2.50 bits per heavy atom. The van der Waals surface area contributed by atoms with Gasteiger partial charge in [-0.1, -0.05) is 13.3 Å². The van der Waals surface area contributed by atoms with E-state index in [4.69, 9.17) is 4.74 Å². The zero-order chi connectivity index (χ0) is 16.0. The smallest absolute Gasteiger partial charge is 0.243 e. The van der Waals surface area contributed by atoms with E-state index in [2.05, 4.69) is 11.8 Å². The predicted octanol–water partition coefficient (Wildman–Crippen LogP) is 2.19. The van der Waals surface area contributed by atoms with Crippen molar-refractivity contribution in [1.82, 2.24) is 9.21 Å². The van der Waals surface area contributed by atoms with Gasteiger partial charge in [0.2, 0.25) is 10.0 Å². The molecule has 0 radical (unpaired) electrons. The van der Waals surface area contributed by atoms with Crippen LogP contribution in [0.4, 0.5) is 0 Å². The molecule has 0 bridgehead atoms. The fraction of sp³-hybridized carbons (Fsp3) is 0.625. The molecule has 1 fully saturated rings. The summed E-state index contributed by atoms with van der Waals surface area (Å²) in [7, 11) is -1.37. The van der Waals surface area contributed by atoms with Gasteiger partial charge < -0.3 is 9.64 Å². The standard InChI is InChI=1S/C16H26N2O3S/c1-3-4-14-21-15-6-8-16(9-7-15)22(19,20)18-11-5-10-17(2)12-13-18/h6-9H,3-5,10-14H2,1-2H3. The Morgan fingerprint density at radius 1 is 1.09 bits per heavy atom. The second kappa shape index (κ2) is 7.94. The SMILES string of the molecule is CCCCOc1ccc(S(=O)(=O)N2CCCN(C)CC2)cc1. The Kier molecular flexibility index (Phi) is 6.23. The maximum atomic E-state index is 12.7. The molecular formula is C16H26N2O3S. The number of sulfonamides is 1. The van der Waals surface area contributed by atoms with Gasteiger partial charge in [0, 0.05) is 19.6 Å². The van der Waals surface area contributed by atoms with Crippen LogP contribution in [0.15, 0.2) is 29.2 Å². The number of unbranched alkanes of at least 4 members (excludes halogenated alkanes) is 1. The lowest BCUT2D eigenvalue weighted by Gasteiger charge is -2.20. The lowest BCUT2D eigenvalue weighted by Crippen LogP contribution is -2.34. The molecule has 1 heterocycles. The van der Waals surface area contributed by atoms with Crippen molar-refractivity contribution in [3.8, 4) is 5.75 Å². The van der Waals surface area contributed by atoms with Gasteiger partial charge in [0.15, 0.2) is 0 Å². The average molecular weight is 326 g/mol. The Balaban J connectivity index is 2.05. The van der Waals surface area contributed by atoms with E-state index >= 15 is 0 Å². The first kappa shape index (κ1) is 17.2. The molecule has 22 heavy (non-hydrogen) atoms. The molecule has 2 rings (SSSR count). The third-order valence-corrected chi connectivity index (χ3v) is 5.82. The zero-order valence-corrected chi connectivity index (χ0v) is 14.3. The predicted molar refractivity (Wildman–Crippen MR) is 87.7 cm³/mol. The topological polar surface area (TPSA) is 49.9 Å². The highest BCUT2D eigenvalue weighted by molar-refractivity contribution is 7.89. The quantitative estimate of drug-likeness (QED) is 0.752. The molecule has 0 spiro atoms. The molecule has 0 aliphatic carbocycles. The summed E-state index contributed by atoms with van der Waals surface area (Å²) in [6, 6.07) is 6.77. The van der Waals surface area contributed by atoms with Gasteiger partial charge in [-0.2, -0.15) is 4.31 Å². The van der Waals surface area contributed by atoms with E-state index in [1.54, 1.807) is 28.6 Å². The molecule has 1 aromatic rings. The summed E-state index contributed by atoms with van der Waals surface area (Å²) in [5.41, 5.74) is 0. The van der Waals surface area contributed by atoms with Crippen molar-refractivity contribution in [3.05, 3.63) is 24.3 Å². The van der Waals surface area contributed by atoms with Gasteiger partial charge in [-0.3, -0.25) is 0 Å². The van der Waals surface area contributed by atoms with Crippen molar-refractivity contribution in [2.24, 2.45) is 0 Å². The molecule has 0 N–H and O–H groups in total. The lowest BCUT2D eigenvalue weighted by atomic mass is 10.3. The van der Waals surface area contributed by atoms with E-state index in [9.17, 15) is 8.42 Å². The summed E-state index contributed by atoms with van der Waals surface area (Å²) >= 11 is 0. The number of nitrogens with zero attached hydrogens (tertiary/aromatic N) is 2. The van der Waals surface area contributed by atoms with Gasteiger partial charge in [0.25, 0.3) is 0 Å². The first-order chi connectivity index (χ1) is 10.5. The number of hydrogen-bond donors (Lipinski definition) is 0. The Morgan fingerprint density at radius 2 is 1.82 bits per heavy atom. The van der Waals surface area contributed by atoms with Crippen LogP contribution >= 0.6 is 0 Å². The normalized spacial score (nSPS) is 18.1. The van der Waals surface area contributed by atoms with Gasteiger partial charge in [-0.25, -0.2) is 8.42 Å². The monoisotopic (exact) mass is 326 g/mol. The molecule has 1 aromatic carbocycles. The maximum absolute atomic E-state index is 12.7. The van der Waals surface area contributed by atoms with Crippen LogP contribution in [-0.4, -0.2) is 57.5 Å². The lowest BCUT2D eigenvalue weighted by molar-refractivity contribution is 0.309. The van der Waals surface area contributed by atoms with E-state index in [-0.39, 0.29) is 0 Å². The van der Waals surface area contributed by atoms with Crippen LogP contribution in [0.25, 0.3) is 0 Å². The Bertz CT molecular complexity index is 557. The van der Waals surface area contributed by atoms with Gasteiger partial charge in [-0.15, -0.1) is 0 Å². The van der Waals surface area contributed by atoms with Gasteiger partial charge in [0.1, 0.15) is 5.75 Å². The van der Waals surface area contributed by atoms with Crippen LogP contribution in [0.2, 0.25) is 0 Å². The minimum atomic E-state index is -3.40. The fourth-order valence-corrected chi connectivity index (χ4v) is 3.92. The van der Waals surface area contributed by atoms with E-state index < -0.39 is 10.0 Å². The highest BCUT2D eigenvalue weighted by Crippen LogP contribution is 2.21. The summed E-state index contributed by atoms with van der Waals surface area (Å²) in [6.07, 6.45) is 2.95. The van der Waals surface area contributed by atoms with Crippen molar-refractivity contribution in [2.75, 3.05) is 39.8 Å². The van der Waals surface area contributed by atoms with E-state index in [1.807, 2.05) is 7.05 Å². The maximum Gasteiger partial charge on any atom is 0.243 e. The van der Waals surface area contributed by atoms with E-state index in [0.717, 1.165) is 38.1 Å². The number of ether oxygens (including phenoxy) is 1. The summed E-state index contributed by atoms with van der Waals surface area (Å²) in [5.74, 6) is 0.725. The summed E-state index contributed by atoms with van der Waals surface area (Å²) in [5, 5.41) is 0. The molecule has 0 amide bonds. The molecule has 0 saturated carbocycles. The molecule has 0 atom stereocenters. The third-order valence-electron chi connectivity index (χ3n) is 3.91. The van der Waals surface area contributed by atoms with E-state index in [0.29, 0.717) is 24.6 Å². The molecule has 1 aliphatic heterocycles. The first-order valence-electron chi connectivity index (χ1n) is 7.95.